The third-order valence-corrected chi connectivity index (χ3v) is 5.67. The van der Waals surface area contributed by atoms with E-state index in [1.807, 2.05) is 17.6 Å². The summed E-state index contributed by atoms with van der Waals surface area (Å²) in [5.74, 6) is -0.804. The fourth-order valence-corrected chi connectivity index (χ4v) is 4.09. The highest BCUT2D eigenvalue weighted by Crippen LogP contribution is 2.35. The Hall–Kier alpha value is -3.45. The highest BCUT2D eigenvalue weighted by molar-refractivity contribution is 6.16. The average Bonchev–Trinajstić information content (AvgIpc) is 3.10. The Bertz CT molecular complexity index is 1370. The number of aromatic nitrogens is 1. The van der Waals surface area contributed by atoms with Gasteiger partial charge in [-0.2, -0.15) is 13.2 Å². The van der Waals surface area contributed by atoms with Crippen molar-refractivity contribution in [3.63, 3.8) is 0 Å². The number of rotatable bonds is 7. The summed E-state index contributed by atoms with van der Waals surface area (Å²) in [6.07, 6.45) is -4.64. The molecule has 4 rings (SSSR count). The number of Topliss-reactive ketones (excluding diaryl/α,β-unsaturated/α-hetero) is 1. The van der Waals surface area contributed by atoms with Crippen LogP contribution >= 0.6 is 0 Å². The Morgan fingerprint density at radius 1 is 0.909 bits per heavy atom. The first-order chi connectivity index (χ1) is 15.7. The zero-order valence-electron chi connectivity index (χ0n) is 18.2. The van der Waals surface area contributed by atoms with Crippen molar-refractivity contribution in [1.29, 1.82) is 0 Å². The van der Waals surface area contributed by atoms with Crippen molar-refractivity contribution < 1.29 is 27.5 Å². The third-order valence-electron chi connectivity index (χ3n) is 5.67. The molecule has 0 radical (unpaired) electrons. The molecule has 4 nitrogen and oxygen atoms in total. The van der Waals surface area contributed by atoms with Crippen LogP contribution in [0.4, 0.5) is 13.2 Å². The zero-order valence-corrected chi connectivity index (χ0v) is 18.2. The normalized spacial score (nSPS) is 11.9. The lowest BCUT2D eigenvalue weighted by atomic mass is 9.96. The van der Waals surface area contributed by atoms with Gasteiger partial charge in [0, 0.05) is 51.6 Å². The minimum absolute atomic E-state index is 0.0987. The van der Waals surface area contributed by atoms with Crippen molar-refractivity contribution in [2.45, 2.75) is 26.6 Å². The van der Waals surface area contributed by atoms with Crippen LogP contribution in [-0.4, -0.2) is 29.3 Å². The minimum atomic E-state index is -4.64. The molecule has 0 aliphatic heterocycles. The van der Waals surface area contributed by atoms with E-state index >= 15 is 0 Å². The number of fused-ring (bicyclic) bond motifs is 3. The quantitative estimate of drug-likeness (QED) is 0.244. The van der Waals surface area contributed by atoms with Gasteiger partial charge in [-0.3, -0.25) is 9.59 Å². The summed E-state index contributed by atoms with van der Waals surface area (Å²) < 4.78 is 47.9. The van der Waals surface area contributed by atoms with Gasteiger partial charge in [0.05, 0.1) is 12.2 Å². The Kier molecular flexibility index (Phi) is 6.08. The predicted octanol–water partition coefficient (Wildman–Crippen LogP) is 6.28. The standard InChI is InChI=1S/C26H22F3NO3/c1-3-33-13-12-30-23-10-8-17(16(2)31)14-20(23)21-15-18(9-11-24(21)30)25(32)19-6-4-5-7-22(19)26(27,28)29/h4-11,14-15H,3,12-13H2,1-2H3. The van der Waals surface area contributed by atoms with Crippen molar-refractivity contribution in [3.05, 3.63) is 82.9 Å². The summed E-state index contributed by atoms with van der Waals surface area (Å²) in [4.78, 5) is 25.1. The number of benzene rings is 3. The number of nitrogens with zero attached hydrogens (tertiary/aromatic N) is 1. The lowest BCUT2D eigenvalue weighted by molar-refractivity contribution is -0.137. The Morgan fingerprint density at radius 2 is 1.52 bits per heavy atom. The number of halogens is 3. The number of carbonyl (C=O) groups is 2. The van der Waals surface area contributed by atoms with Crippen LogP contribution < -0.4 is 0 Å². The maximum atomic E-state index is 13.5. The largest absolute Gasteiger partial charge is 0.417 e. The smallest absolute Gasteiger partial charge is 0.380 e. The SMILES string of the molecule is CCOCCn1c2ccc(C(C)=O)cc2c2cc(C(=O)c3ccccc3C(F)(F)F)ccc21. The fraction of sp³-hybridized carbons (Fsp3) is 0.231. The van der Waals surface area contributed by atoms with Crippen molar-refractivity contribution in [2.75, 3.05) is 13.2 Å². The van der Waals surface area contributed by atoms with Crippen LogP contribution in [0.15, 0.2) is 60.7 Å². The van der Waals surface area contributed by atoms with Crippen LogP contribution in [0.2, 0.25) is 0 Å². The van der Waals surface area contributed by atoms with E-state index in [0.29, 0.717) is 30.7 Å². The highest BCUT2D eigenvalue weighted by atomic mass is 19.4. The van der Waals surface area contributed by atoms with Gasteiger partial charge >= 0.3 is 6.18 Å². The van der Waals surface area contributed by atoms with Gasteiger partial charge in [-0.25, -0.2) is 0 Å². The first-order valence-corrected chi connectivity index (χ1v) is 10.6. The zero-order chi connectivity index (χ0) is 23.8. The second-order valence-electron chi connectivity index (χ2n) is 7.74. The van der Waals surface area contributed by atoms with Crippen molar-refractivity contribution in [1.82, 2.24) is 4.57 Å². The monoisotopic (exact) mass is 453 g/mol. The average molecular weight is 453 g/mol. The van der Waals surface area contributed by atoms with Crippen LogP contribution in [0.1, 0.15) is 45.7 Å². The molecule has 0 N–H and O–H groups in total. The number of hydrogen-bond acceptors (Lipinski definition) is 3. The van der Waals surface area contributed by atoms with Gasteiger partial charge in [0.2, 0.25) is 0 Å². The van der Waals surface area contributed by atoms with Crippen LogP contribution in [0.5, 0.6) is 0 Å². The van der Waals surface area contributed by atoms with Crippen LogP contribution in [0.3, 0.4) is 0 Å². The topological polar surface area (TPSA) is 48.3 Å². The van der Waals surface area contributed by atoms with Crippen molar-refractivity contribution >= 4 is 33.4 Å². The summed E-state index contributed by atoms with van der Waals surface area (Å²) in [6.45, 7) is 4.98. The molecule has 33 heavy (non-hydrogen) atoms. The molecule has 0 saturated carbocycles. The molecule has 170 valence electrons. The molecule has 0 aliphatic carbocycles. The number of hydrogen-bond donors (Lipinski definition) is 0. The minimum Gasteiger partial charge on any atom is -0.380 e. The van der Waals surface area contributed by atoms with E-state index in [1.165, 1.54) is 25.1 Å². The van der Waals surface area contributed by atoms with E-state index in [0.717, 1.165) is 22.5 Å². The molecule has 4 aromatic rings. The molecular formula is C26H22F3NO3. The number of ether oxygens (including phenoxy) is 1. The van der Waals surface area contributed by atoms with Gasteiger partial charge < -0.3 is 9.30 Å². The van der Waals surface area contributed by atoms with Crippen molar-refractivity contribution in [2.24, 2.45) is 0 Å². The van der Waals surface area contributed by atoms with Crippen LogP contribution in [0, 0.1) is 0 Å². The van der Waals surface area contributed by atoms with Gasteiger partial charge in [0.25, 0.3) is 0 Å². The summed E-state index contributed by atoms with van der Waals surface area (Å²) >= 11 is 0. The fourth-order valence-electron chi connectivity index (χ4n) is 4.09. The van der Waals surface area contributed by atoms with Gasteiger partial charge in [-0.05, 0) is 56.3 Å². The summed E-state index contributed by atoms with van der Waals surface area (Å²) in [7, 11) is 0. The van der Waals surface area contributed by atoms with Gasteiger partial charge in [-0.1, -0.05) is 18.2 Å². The number of alkyl halides is 3. The number of carbonyl (C=O) groups excluding carboxylic acids is 2. The van der Waals surface area contributed by atoms with Gasteiger partial charge in [0.15, 0.2) is 11.6 Å². The van der Waals surface area contributed by atoms with E-state index in [2.05, 4.69) is 0 Å². The highest BCUT2D eigenvalue weighted by Gasteiger charge is 2.35. The van der Waals surface area contributed by atoms with E-state index < -0.39 is 23.1 Å². The van der Waals surface area contributed by atoms with E-state index in [4.69, 9.17) is 4.74 Å². The van der Waals surface area contributed by atoms with E-state index in [1.54, 1.807) is 30.3 Å². The summed E-state index contributed by atoms with van der Waals surface area (Å²) in [5.41, 5.74) is 0.977. The lowest BCUT2D eigenvalue weighted by Gasteiger charge is -2.12. The Labute approximate surface area is 188 Å². The second-order valence-corrected chi connectivity index (χ2v) is 7.74. The lowest BCUT2D eigenvalue weighted by Crippen LogP contribution is -2.13. The second kappa shape index (κ2) is 8.83. The predicted molar refractivity (Wildman–Crippen MR) is 121 cm³/mol. The molecule has 0 atom stereocenters. The Morgan fingerprint density at radius 3 is 2.12 bits per heavy atom. The molecule has 0 amide bonds. The van der Waals surface area contributed by atoms with Crippen molar-refractivity contribution in [3.8, 4) is 0 Å². The van der Waals surface area contributed by atoms with Crippen LogP contribution in [0.25, 0.3) is 21.8 Å². The molecule has 0 aliphatic rings. The molecule has 0 fully saturated rings. The van der Waals surface area contributed by atoms with Crippen LogP contribution in [-0.2, 0) is 17.5 Å². The molecule has 0 saturated heterocycles. The molecular weight excluding hydrogens is 431 g/mol. The molecule has 1 aromatic heterocycles. The van der Waals surface area contributed by atoms with Gasteiger partial charge in [0.1, 0.15) is 0 Å². The first kappa shape index (κ1) is 22.7. The maximum Gasteiger partial charge on any atom is 0.417 e. The summed E-state index contributed by atoms with van der Waals surface area (Å²) in [5, 5.41) is 1.45. The Balaban J connectivity index is 1.89. The summed E-state index contributed by atoms with van der Waals surface area (Å²) in [6, 6.07) is 15.0. The molecule has 0 spiro atoms. The van der Waals surface area contributed by atoms with E-state index in [9.17, 15) is 22.8 Å². The molecule has 0 unspecified atom stereocenters. The first-order valence-electron chi connectivity index (χ1n) is 10.6. The molecule has 0 bridgehead atoms. The van der Waals surface area contributed by atoms with E-state index in [-0.39, 0.29) is 11.3 Å². The number of ketones is 2. The molecule has 3 aromatic carbocycles. The maximum absolute atomic E-state index is 13.5. The molecule has 1 heterocycles. The molecule has 7 heteroatoms. The van der Waals surface area contributed by atoms with Gasteiger partial charge in [-0.15, -0.1) is 0 Å². The third kappa shape index (κ3) is 4.28.